The molecule has 0 aliphatic carbocycles. The van der Waals surface area contributed by atoms with Crippen molar-refractivity contribution in [1.29, 1.82) is 0 Å². The highest BCUT2D eigenvalue weighted by Gasteiger charge is 2.14. The Hall–Kier alpha value is -2.22. The molecule has 0 aliphatic heterocycles. The summed E-state index contributed by atoms with van der Waals surface area (Å²) in [6.45, 7) is 6.27. The van der Waals surface area contributed by atoms with Crippen molar-refractivity contribution < 1.29 is 4.52 Å². The van der Waals surface area contributed by atoms with Gasteiger partial charge in [0.05, 0.1) is 6.54 Å². The van der Waals surface area contributed by atoms with E-state index in [2.05, 4.69) is 30.9 Å². The Bertz CT molecular complexity index is 552. The maximum atomic E-state index is 5.46. The summed E-state index contributed by atoms with van der Waals surface area (Å²) in [6.07, 6.45) is 1.45. The van der Waals surface area contributed by atoms with E-state index >= 15 is 0 Å². The number of nitrogen functional groups attached to an aromatic ring is 1. The molecule has 19 heavy (non-hydrogen) atoms. The number of aryl methyl sites for hydroxylation is 1. The first-order valence-electron chi connectivity index (χ1n) is 5.96. The molecule has 2 aromatic heterocycles. The molecule has 2 heterocycles. The zero-order valence-electron chi connectivity index (χ0n) is 11.1. The number of nitrogens with zero attached hydrogens (tertiary/aromatic N) is 4. The fraction of sp³-hybridized carbons (Fsp3) is 0.455. The third kappa shape index (κ3) is 2.97. The second-order valence-corrected chi connectivity index (χ2v) is 4.37. The fourth-order valence-corrected chi connectivity index (χ4v) is 1.77. The van der Waals surface area contributed by atoms with Gasteiger partial charge in [-0.25, -0.2) is 15.8 Å². The van der Waals surface area contributed by atoms with E-state index in [1.54, 1.807) is 6.92 Å². The molecule has 2 rings (SSSR count). The Morgan fingerprint density at radius 2 is 2.05 bits per heavy atom. The SMILES string of the molecule is Cc1nc(CNc2ncnc(NN)c2C(C)C)no1. The van der Waals surface area contributed by atoms with Gasteiger partial charge in [-0.05, 0) is 5.92 Å². The molecule has 0 atom stereocenters. The first-order valence-corrected chi connectivity index (χ1v) is 5.96. The van der Waals surface area contributed by atoms with Gasteiger partial charge < -0.3 is 15.3 Å². The van der Waals surface area contributed by atoms with Crippen LogP contribution in [0.4, 0.5) is 11.6 Å². The molecule has 0 amide bonds. The summed E-state index contributed by atoms with van der Waals surface area (Å²) < 4.78 is 4.91. The molecule has 8 nitrogen and oxygen atoms in total. The molecule has 4 N–H and O–H groups in total. The molecule has 8 heteroatoms. The van der Waals surface area contributed by atoms with Crippen molar-refractivity contribution in [2.45, 2.75) is 33.2 Å². The quantitative estimate of drug-likeness (QED) is 0.544. The van der Waals surface area contributed by atoms with Crippen LogP contribution in [0.15, 0.2) is 10.9 Å². The van der Waals surface area contributed by atoms with Gasteiger partial charge in [-0.1, -0.05) is 19.0 Å². The van der Waals surface area contributed by atoms with Crippen LogP contribution in [0.25, 0.3) is 0 Å². The largest absolute Gasteiger partial charge is 0.362 e. The lowest BCUT2D eigenvalue weighted by molar-refractivity contribution is 0.388. The predicted molar refractivity (Wildman–Crippen MR) is 70.3 cm³/mol. The van der Waals surface area contributed by atoms with Gasteiger partial charge in [-0.2, -0.15) is 4.98 Å². The molecule has 102 valence electrons. The highest BCUT2D eigenvalue weighted by molar-refractivity contribution is 5.58. The van der Waals surface area contributed by atoms with Crippen LogP contribution in [0, 0.1) is 6.92 Å². The van der Waals surface area contributed by atoms with Crippen LogP contribution in [-0.4, -0.2) is 20.1 Å². The standard InChI is InChI=1S/C11H17N7O/c1-6(2)9-10(14-5-15-11(9)17-12)13-4-8-16-7(3)19-18-8/h5-6H,4,12H2,1-3H3,(H2,13,14,15,17). The van der Waals surface area contributed by atoms with Crippen LogP contribution in [-0.2, 0) is 6.54 Å². The minimum absolute atomic E-state index is 0.224. The number of anilines is 2. The molecule has 0 unspecified atom stereocenters. The summed E-state index contributed by atoms with van der Waals surface area (Å²) in [6, 6.07) is 0. The van der Waals surface area contributed by atoms with Gasteiger partial charge in [0.15, 0.2) is 5.82 Å². The van der Waals surface area contributed by atoms with Gasteiger partial charge in [-0.15, -0.1) is 0 Å². The summed E-state index contributed by atoms with van der Waals surface area (Å²) in [5, 5.41) is 6.98. The number of rotatable bonds is 5. The lowest BCUT2D eigenvalue weighted by Gasteiger charge is -2.15. The van der Waals surface area contributed by atoms with Crippen molar-refractivity contribution in [3.8, 4) is 0 Å². The lowest BCUT2D eigenvalue weighted by atomic mass is 10.0. The minimum Gasteiger partial charge on any atom is -0.362 e. The second kappa shape index (κ2) is 5.61. The maximum absolute atomic E-state index is 5.46. The van der Waals surface area contributed by atoms with Crippen LogP contribution in [0.1, 0.15) is 37.0 Å². The van der Waals surface area contributed by atoms with Crippen molar-refractivity contribution in [2.75, 3.05) is 10.7 Å². The van der Waals surface area contributed by atoms with E-state index < -0.39 is 0 Å². The van der Waals surface area contributed by atoms with Crippen LogP contribution < -0.4 is 16.6 Å². The Kier molecular flexibility index (Phi) is 3.91. The van der Waals surface area contributed by atoms with Crippen molar-refractivity contribution in [1.82, 2.24) is 20.1 Å². The normalized spacial score (nSPS) is 10.8. The van der Waals surface area contributed by atoms with Crippen LogP contribution in [0.5, 0.6) is 0 Å². The number of hydrazine groups is 1. The van der Waals surface area contributed by atoms with Gasteiger partial charge in [0.2, 0.25) is 5.89 Å². The summed E-state index contributed by atoms with van der Waals surface area (Å²) in [5.74, 6) is 8.11. The number of nitrogens with two attached hydrogens (primary N) is 1. The average molecular weight is 263 g/mol. The van der Waals surface area contributed by atoms with E-state index in [4.69, 9.17) is 10.4 Å². The number of aromatic nitrogens is 4. The zero-order chi connectivity index (χ0) is 13.8. The highest BCUT2D eigenvalue weighted by Crippen LogP contribution is 2.27. The molecule has 2 aromatic rings. The summed E-state index contributed by atoms with van der Waals surface area (Å²) in [4.78, 5) is 12.4. The molecule has 0 fully saturated rings. The first-order chi connectivity index (χ1) is 9.11. The summed E-state index contributed by atoms with van der Waals surface area (Å²) in [5.41, 5.74) is 3.50. The zero-order valence-corrected chi connectivity index (χ0v) is 11.1. The van der Waals surface area contributed by atoms with Crippen LogP contribution >= 0.6 is 0 Å². The molecule has 0 bridgehead atoms. The van der Waals surface area contributed by atoms with E-state index in [0.29, 0.717) is 29.9 Å². The van der Waals surface area contributed by atoms with Gasteiger partial charge in [0, 0.05) is 12.5 Å². The second-order valence-electron chi connectivity index (χ2n) is 4.37. The van der Waals surface area contributed by atoms with E-state index in [9.17, 15) is 0 Å². The van der Waals surface area contributed by atoms with Gasteiger partial charge in [0.1, 0.15) is 18.0 Å². The fourth-order valence-electron chi connectivity index (χ4n) is 1.77. The molecule has 0 spiro atoms. The van der Waals surface area contributed by atoms with Crippen LogP contribution in [0.2, 0.25) is 0 Å². The maximum Gasteiger partial charge on any atom is 0.223 e. The van der Waals surface area contributed by atoms with Crippen molar-refractivity contribution in [2.24, 2.45) is 5.84 Å². The Morgan fingerprint density at radius 1 is 1.32 bits per heavy atom. The molecular weight excluding hydrogens is 246 g/mol. The van der Waals surface area contributed by atoms with Gasteiger partial charge in [-0.3, -0.25) is 0 Å². The predicted octanol–water partition coefficient (Wildman–Crippen LogP) is 1.19. The minimum atomic E-state index is 0.224. The van der Waals surface area contributed by atoms with E-state index in [1.807, 2.05) is 13.8 Å². The monoisotopic (exact) mass is 263 g/mol. The molecule has 0 saturated carbocycles. The van der Waals surface area contributed by atoms with E-state index in [1.165, 1.54) is 6.33 Å². The van der Waals surface area contributed by atoms with Crippen molar-refractivity contribution in [3.63, 3.8) is 0 Å². The third-order valence-corrected chi connectivity index (χ3v) is 2.58. The van der Waals surface area contributed by atoms with Crippen molar-refractivity contribution in [3.05, 3.63) is 23.6 Å². The Labute approximate surface area is 110 Å². The Morgan fingerprint density at radius 3 is 2.63 bits per heavy atom. The third-order valence-electron chi connectivity index (χ3n) is 2.58. The number of hydrogen-bond acceptors (Lipinski definition) is 8. The van der Waals surface area contributed by atoms with Gasteiger partial charge in [0.25, 0.3) is 0 Å². The molecule has 0 radical (unpaired) electrons. The van der Waals surface area contributed by atoms with Gasteiger partial charge >= 0.3 is 0 Å². The molecule has 0 aromatic carbocycles. The van der Waals surface area contributed by atoms with E-state index in [-0.39, 0.29) is 5.92 Å². The average Bonchev–Trinajstić information content (AvgIpc) is 2.81. The topological polar surface area (TPSA) is 115 Å². The van der Waals surface area contributed by atoms with Crippen LogP contribution in [0.3, 0.4) is 0 Å². The summed E-state index contributed by atoms with van der Waals surface area (Å²) >= 11 is 0. The molecule has 0 aliphatic rings. The first kappa shape index (κ1) is 13.2. The number of hydrogen-bond donors (Lipinski definition) is 3. The summed E-state index contributed by atoms with van der Waals surface area (Å²) in [7, 11) is 0. The smallest absolute Gasteiger partial charge is 0.223 e. The highest BCUT2D eigenvalue weighted by atomic mass is 16.5. The number of nitrogens with one attached hydrogen (secondary N) is 2. The Balaban J connectivity index is 2.19. The van der Waals surface area contributed by atoms with E-state index in [0.717, 1.165) is 5.56 Å². The molecule has 0 saturated heterocycles. The lowest BCUT2D eigenvalue weighted by Crippen LogP contribution is -2.15. The molecular formula is C11H17N7O. The van der Waals surface area contributed by atoms with Crippen molar-refractivity contribution >= 4 is 11.6 Å².